The van der Waals surface area contributed by atoms with Gasteiger partial charge in [-0.15, -0.1) is 0 Å². The predicted molar refractivity (Wildman–Crippen MR) is 78.7 cm³/mol. The van der Waals surface area contributed by atoms with Crippen molar-refractivity contribution in [3.05, 3.63) is 35.4 Å². The van der Waals surface area contributed by atoms with Gasteiger partial charge in [-0.2, -0.15) is 0 Å². The highest BCUT2D eigenvalue weighted by Gasteiger charge is 2.24. The van der Waals surface area contributed by atoms with Crippen LogP contribution >= 0.6 is 0 Å². The van der Waals surface area contributed by atoms with Crippen LogP contribution in [0.5, 0.6) is 0 Å². The topological polar surface area (TPSA) is 12.0 Å². The van der Waals surface area contributed by atoms with E-state index >= 15 is 0 Å². The Hall–Kier alpha value is -0.960. The molecule has 3 heteroatoms. The van der Waals surface area contributed by atoms with Gasteiger partial charge in [0, 0.05) is 12.1 Å². The lowest BCUT2D eigenvalue weighted by atomic mass is 9.88. The molecule has 1 aromatic rings. The van der Waals surface area contributed by atoms with E-state index in [-0.39, 0.29) is 0 Å². The molecule has 0 saturated heterocycles. The zero-order valence-electron chi connectivity index (χ0n) is 12.3. The van der Waals surface area contributed by atoms with E-state index < -0.39 is 11.6 Å². The summed E-state index contributed by atoms with van der Waals surface area (Å²) in [5.41, 5.74) is 0.654. The van der Waals surface area contributed by atoms with Crippen LogP contribution in [0.3, 0.4) is 0 Å². The minimum absolute atomic E-state index is 0.400. The van der Waals surface area contributed by atoms with Crippen molar-refractivity contribution >= 4 is 0 Å². The second kappa shape index (κ2) is 7.72. The molecule has 0 radical (unpaired) electrons. The summed E-state index contributed by atoms with van der Waals surface area (Å²) in [4.78, 5) is 0. The Labute approximate surface area is 120 Å². The Kier molecular flexibility index (Phi) is 5.96. The zero-order chi connectivity index (χ0) is 14.4. The summed E-state index contributed by atoms with van der Waals surface area (Å²) in [7, 11) is 0. The third-order valence-electron chi connectivity index (χ3n) is 4.31. The summed E-state index contributed by atoms with van der Waals surface area (Å²) in [6.45, 7) is 3.19. The predicted octanol–water partition coefficient (Wildman–Crippen LogP) is 4.46. The molecule has 1 fully saturated rings. The normalized spacial score (nSPS) is 23.6. The van der Waals surface area contributed by atoms with E-state index in [0.29, 0.717) is 23.9 Å². The van der Waals surface area contributed by atoms with E-state index in [1.807, 2.05) is 0 Å². The van der Waals surface area contributed by atoms with Crippen LogP contribution in [0, 0.1) is 17.6 Å². The van der Waals surface area contributed by atoms with Gasteiger partial charge in [0.25, 0.3) is 0 Å². The Bertz CT molecular complexity index is 419. The summed E-state index contributed by atoms with van der Waals surface area (Å²) in [6, 6.07) is 4.44. The van der Waals surface area contributed by atoms with Gasteiger partial charge in [0.15, 0.2) is 0 Å². The molecule has 20 heavy (non-hydrogen) atoms. The van der Waals surface area contributed by atoms with Crippen LogP contribution < -0.4 is 5.32 Å². The Balaban J connectivity index is 2.06. The average molecular weight is 281 g/mol. The molecule has 2 atom stereocenters. The van der Waals surface area contributed by atoms with Crippen LogP contribution in [0.15, 0.2) is 18.2 Å². The fourth-order valence-corrected chi connectivity index (χ4v) is 3.20. The van der Waals surface area contributed by atoms with Gasteiger partial charge in [0.1, 0.15) is 11.6 Å². The van der Waals surface area contributed by atoms with Crippen LogP contribution in [-0.4, -0.2) is 12.6 Å². The van der Waals surface area contributed by atoms with Gasteiger partial charge >= 0.3 is 0 Å². The first-order valence-corrected chi connectivity index (χ1v) is 7.88. The first-order valence-electron chi connectivity index (χ1n) is 7.88. The van der Waals surface area contributed by atoms with Crippen LogP contribution in [0.4, 0.5) is 8.78 Å². The first-order chi connectivity index (χ1) is 9.70. The molecule has 1 saturated carbocycles. The van der Waals surface area contributed by atoms with Gasteiger partial charge in [-0.25, -0.2) is 8.78 Å². The first kappa shape index (κ1) is 15.4. The maximum atomic E-state index is 13.8. The molecule has 0 aromatic heterocycles. The van der Waals surface area contributed by atoms with Gasteiger partial charge in [0.2, 0.25) is 0 Å². The lowest BCUT2D eigenvalue weighted by molar-refractivity contribution is 0.329. The molecule has 1 nitrogen and oxygen atoms in total. The van der Waals surface area contributed by atoms with Crippen LogP contribution in [-0.2, 0) is 6.42 Å². The summed E-state index contributed by atoms with van der Waals surface area (Å²) < 4.78 is 26.8. The molecular weight excluding hydrogens is 256 g/mol. The number of halogens is 2. The molecule has 1 aliphatic carbocycles. The highest BCUT2D eigenvalue weighted by molar-refractivity contribution is 5.19. The molecule has 1 aromatic carbocycles. The van der Waals surface area contributed by atoms with Crippen molar-refractivity contribution in [2.75, 3.05) is 6.54 Å². The molecule has 2 unspecified atom stereocenters. The van der Waals surface area contributed by atoms with E-state index in [1.54, 1.807) is 6.07 Å². The fraction of sp³-hybridized carbons (Fsp3) is 0.647. The third-order valence-corrected chi connectivity index (χ3v) is 4.31. The van der Waals surface area contributed by atoms with Gasteiger partial charge in [-0.3, -0.25) is 0 Å². The molecule has 2 rings (SSSR count). The molecule has 0 spiro atoms. The van der Waals surface area contributed by atoms with Crippen molar-refractivity contribution in [1.82, 2.24) is 5.32 Å². The molecule has 0 aliphatic heterocycles. The third kappa shape index (κ3) is 4.27. The number of hydrogen-bond acceptors (Lipinski definition) is 1. The van der Waals surface area contributed by atoms with Crippen molar-refractivity contribution in [1.29, 1.82) is 0 Å². The summed E-state index contributed by atoms with van der Waals surface area (Å²) in [6.07, 6.45) is 7.89. The fourth-order valence-electron chi connectivity index (χ4n) is 3.20. The van der Waals surface area contributed by atoms with E-state index in [1.165, 1.54) is 31.7 Å². The van der Waals surface area contributed by atoms with Crippen molar-refractivity contribution in [2.24, 2.45) is 5.92 Å². The van der Waals surface area contributed by atoms with Gasteiger partial charge < -0.3 is 5.32 Å². The lowest BCUT2D eigenvalue weighted by Gasteiger charge is -2.26. The SMILES string of the molecule is CCCNC1CCCCCC1Cc1ccc(F)cc1F. The Morgan fingerprint density at radius 3 is 2.70 bits per heavy atom. The van der Waals surface area contributed by atoms with Crippen LogP contribution in [0.2, 0.25) is 0 Å². The van der Waals surface area contributed by atoms with E-state index in [0.717, 1.165) is 25.5 Å². The largest absolute Gasteiger partial charge is 0.314 e. The molecule has 1 N–H and O–H groups in total. The molecule has 0 heterocycles. The summed E-state index contributed by atoms with van der Waals surface area (Å²) in [5.74, 6) is -0.430. The second-order valence-electron chi connectivity index (χ2n) is 5.90. The Morgan fingerprint density at radius 2 is 1.95 bits per heavy atom. The molecule has 1 aliphatic rings. The Morgan fingerprint density at radius 1 is 1.15 bits per heavy atom. The highest BCUT2D eigenvalue weighted by atomic mass is 19.1. The van der Waals surface area contributed by atoms with E-state index in [4.69, 9.17) is 0 Å². The quantitative estimate of drug-likeness (QED) is 0.786. The number of benzene rings is 1. The zero-order valence-corrected chi connectivity index (χ0v) is 12.3. The van der Waals surface area contributed by atoms with E-state index in [9.17, 15) is 8.78 Å². The monoisotopic (exact) mass is 281 g/mol. The minimum Gasteiger partial charge on any atom is -0.314 e. The van der Waals surface area contributed by atoms with E-state index in [2.05, 4.69) is 12.2 Å². The maximum absolute atomic E-state index is 13.8. The number of rotatable bonds is 5. The average Bonchev–Trinajstić information content (AvgIpc) is 2.65. The van der Waals surface area contributed by atoms with Crippen LogP contribution in [0.25, 0.3) is 0 Å². The number of hydrogen-bond donors (Lipinski definition) is 1. The molecular formula is C17H25F2N. The lowest BCUT2D eigenvalue weighted by Crippen LogP contribution is -2.37. The van der Waals surface area contributed by atoms with Crippen molar-refractivity contribution < 1.29 is 8.78 Å². The molecule has 0 amide bonds. The summed E-state index contributed by atoms with van der Waals surface area (Å²) in [5, 5.41) is 3.62. The number of nitrogens with one attached hydrogen (secondary N) is 1. The van der Waals surface area contributed by atoms with Crippen molar-refractivity contribution in [3.8, 4) is 0 Å². The molecule has 112 valence electrons. The van der Waals surface area contributed by atoms with Crippen molar-refractivity contribution in [3.63, 3.8) is 0 Å². The minimum atomic E-state index is -0.493. The summed E-state index contributed by atoms with van der Waals surface area (Å²) >= 11 is 0. The highest BCUT2D eigenvalue weighted by Crippen LogP contribution is 2.27. The molecule has 0 bridgehead atoms. The maximum Gasteiger partial charge on any atom is 0.129 e. The van der Waals surface area contributed by atoms with Crippen molar-refractivity contribution in [2.45, 2.75) is 57.9 Å². The standard InChI is InChI=1S/C17H25F2N/c1-2-10-20-17-7-5-3-4-6-14(17)11-13-8-9-15(18)12-16(13)19/h8-9,12,14,17,20H,2-7,10-11H2,1H3. The van der Waals surface area contributed by atoms with Gasteiger partial charge in [-0.05, 0) is 49.8 Å². The smallest absolute Gasteiger partial charge is 0.129 e. The second-order valence-corrected chi connectivity index (χ2v) is 5.90. The van der Waals surface area contributed by atoms with Gasteiger partial charge in [0.05, 0.1) is 0 Å². The van der Waals surface area contributed by atoms with Crippen LogP contribution in [0.1, 0.15) is 51.0 Å². The van der Waals surface area contributed by atoms with Gasteiger partial charge in [-0.1, -0.05) is 32.3 Å².